The van der Waals surface area contributed by atoms with E-state index >= 15 is 0 Å². The minimum atomic E-state index is -4.69. The van der Waals surface area contributed by atoms with E-state index in [2.05, 4.69) is 32.9 Å². The van der Waals surface area contributed by atoms with Gasteiger partial charge in [0.2, 0.25) is 0 Å². The Bertz CT molecular complexity index is 2100. The smallest absolute Gasteiger partial charge is 0.459 e. The van der Waals surface area contributed by atoms with Gasteiger partial charge in [-0.05, 0) is 42.7 Å². The van der Waals surface area contributed by atoms with Crippen molar-refractivity contribution in [2.45, 2.75) is 153 Å². The van der Waals surface area contributed by atoms with Crippen LogP contribution in [0.2, 0.25) is 0 Å². The summed E-state index contributed by atoms with van der Waals surface area (Å²) in [6, 6.07) is 9.22. The summed E-state index contributed by atoms with van der Waals surface area (Å²) in [6.07, 6.45) is 23.5. The van der Waals surface area contributed by atoms with Gasteiger partial charge in [0.15, 0.2) is 22.6 Å². The number of ether oxygens (including phenoxy) is 2. The molecule has 1 saturated heterocycles. The first-order valence-electron chi connectivity index (χ1n) is 22.3. The van der Waals surface area contributed by atoms with Gasteiger partial charge in [0, 0.05) is 12.5 Å². The Morgan fingerprint density at radius 3 is 2.13 bits per heavy atom. The van der Waals surface area contributed by atoms with Gasteiger partial charge in [-0.1, -0.05) is 134 Å². The average molecular weight is 899 g/mol. The van der Waals surface area contributed by atoms with Crippen LogP contribution < -0.4 is 15.3 Å². The average Bonchev–Trinajstić information content (AvgIpc) is 3.83. The predicted molar refractivity (Wildman–Crippen MR) is 235 cm³/mol. The van der Waals surface area contributed by atoms with Crippen molar-refractivity contribution in [1.29, 1.82) is 0 Å². The largest absolute Gasteiger partial charge is 0.465 e. The van der Waals surface area contributed by atoms with E-state index < -0.39 is 62.0 Å². The van der Waals surface area contributed by atoms with E-state index in [0.717, 1.165) is 37.8 Å². The number of rotatable bonds is 29. The molecule has 5 atom stereocenters. The number of aliphatic hydroxyl groups is 1. The van der Waals surface area contributed by atoms with Crippen molar-refractivity contribution in [3.8, 4) is 18.1 Å². The molecule has 63 heavy (non-hydrogen) atoms. The number of aliphatic hydroxyl groups excluding tert-OH is 1. The lowest BCUT2D eigenvalue weighted by Crippen LogP contribution is -2.44. The molecule has 13 nitrogen and oxygen atoms in total. The van der Waals surface area contributed by atoms with Crippen molar-refractivity contribution in [3.05, 3.63) is 78.1 Å². The van der Waals surface area contributed by atoms with E-state index in [9.17, 15) is 27.6 Å². The van der Waals surface area contributed by atoms with Crippen LogP contribution in [0.5, 0.6) is 5.75 Å². The van der Waals surface area contributed by atoms with Crippen molar-refractivity contribution in [3.63, 3.8) is 0 Å². The van der Waals surface area contributed by atoms with Crippen molar-refractivity contribution in [2.24, 2.45) is 0 Å². The van der Waals surface area contributed by atoms with Crippen molar-refractivity contribution in [1.82, 2.24) is 24.6 Å². The number of aromatic nitrogens is 4. The summed E-state index contributed by atoms with van der Waals surface area (Å²) < 4.78 is 82.3. The molecule has 1 aliphatic heterocycles. The molecule has 1 fully saturated rings. The van der Waals surface area contributed by atoms with Gasteiger partial charge in [-0.15, -0.1) is 6.42 Å². The van der Waals surface area contributed by atoms with Crippen molar-refractivity contribution in [2.75, 3.05) is 18.9 Å². The molecule has 0 spiro atoms. The summed E-state index contributed by atoms with van der Waals surface area (Å²) >= 11 is 0. The molecule has 0 saturated carbocycles. The lowest BCUT2D eigenvalue weighted by molar-refractivity contribution is -0.146. The number of anilines is 1. The second-order valence-electron chi connectivity index (χ2n) is 16.2. The Kier molecular flexibility index (Phi) is 19.7. The summed E-state index contributed by atoms with van der Waals surface area (Å²) in [5, 5.41) is 13.9. The van der Waals surface area contributed by atoms with Crippen LogP contribution in [0, 0.1) is 30.1 Å². The van der Waals surface area contributed by atoms with Crippen LogP contribution >= 0.6 is 7.75 Å². The molecule has 0 radical (unpaired) electrons. The van der Waals surface area contributed by atoms with E-state index in [4.69, 9.17) is 30.7 Å². The van der Waals surface area contributed by atoms with Gasteiger partial charge < -0.3 is 24.8 Å². The molecule has 5 rings (SSSR count). The lowest BCUT2D eigenvalue weighted by Gasteiger charge is -2.30. The summed E-state index contributed by atoms with van der Waals surface area (Å²) in [5.41, 5.74) is 4.01. The zero-order chi connectivity index (χ0) is 45.1. The number of nitrogens with one attached hydrogen (secondary N) is 1. The highest BCUT2D eigenvalue weighted by atomic mass is 31.2. The molecule has 3 heterocycles. The number of terminal acetylenes is 1. The minimum Gasteiger partial charge on any atom is -0.465 e. The highest BCUT2D eigenvalue weighted by Gasteiger charge is 2.50. The molecule has 344 valence electrons. The number of unbranched alkanes of at least 4 members (excludes halogenated alkanes) is 16. The zero-order valence-corrected chi connectivity index (χ0v) is 37.1. The van der Waals surface area contributed by atoms with E-state index in [1.165, 1.54) is 100 Å². The third-order valence-corrected chi connectivity index (χ3v) is 12.7. The molecule has 4 N–H and O–H groups in total. The SMILES string of the molecule is C#C[C@]1(COP(=O)(N[C@@H](Cc2cc(F)cc(F)c2)C(=O)OCCCCCCCCCCCCCCCCCCC)Oc2ccccc2)O[C@@H](n2cnc3c(N)nc(F)nc32)C[C@@H]1O. The van der Waals surface area contributed by atoms with Crippen LogP contribution in [0.3, 0.4) is 0 Å². The van der Waals surface area contributed by atoms with Crippen molar-refractivity contribution >= 4 is 30.7 Å². The number of benzene rings is 2. The first-order valence-corrected chi connectivity index (χ1v) is 23.9. The monoisotopic (exact) mass is 898 g/mol. The molecule has 2 aromatic carbocycles. The molecular weight excluding hydrogens is 837 g/mol. The number of nitrogens with zero attached hydrogens (tertiary/aromatic N) is 4. The molecule has 17 heteroatoms. The molecule has 0 bridgehead atoms. The number of para-hydroxylation sites is 1. The number of hydrogen-bond donors (Lipinski definition) is 3. The van der Waals surface area contributed by atoms with E-state index in [1.807, 2.05) is 0 Å². The first-order chi connectivity index (χ1) is 30.4. The number of carbonyl (C=O) groups excluding carboxylic acids is 1. The van der Waals surface area contributed by atoms with Gasteiger partial charge in [0.1, 0.15) is 42.4 Å². The van der Waals surface area contributed by atoms with Crippen LogP contribution in [0.1, 0.15) is 134 Å². The number of carbonyl (C=O) groups is 1. The molecule has 0 amide bonds. The molecule has 4 aromatic rings. The third kappa shape index (κ3) is 15.3. The molecule has 1 aliphatic rings. The third-order valence-electron chi connectivity index (χ3n) is 11.2. The number of nitrogens with two attached hydrogens (primary N) is 1. The summed E-state index contributed by atoms with van der Waals surface area (Å²) in [6.45, 7) is 1.56. The summed E-state index contributed by atoms with van der Waals surface area (Å²) in [5.74, 6) is -0.353. The second kappa shape index (κ2) is 25.1. The predicted octanol–water partition coefficient (Wildman–Crippen LogP) is 10.1. The first kappa shape index (κ1) is 49.5. The van der Waals surface area contributed by atoms with E-state index in [0.29, 0.717) is 12.5 Å². The van der Waals surface area contributed by atoms with E-state index in [1.54, 1.807) is 18.2 Å². The van der Waals surface area contributed by atoms with Crippen LogP contribution in [-0.4, -0.2) is 61.6 Å². The van der Waals surface area contributed by atoms with Gasteiger partial charge in [0.05, 0.1) is 12.9 Å². The Labute approximate surface area is 368 Å². The Morgan fingerprint density at radius 2 is 1.54 bits per heavy atom. The Hall–Kier alpha value is -4.52. The number of hydrogen-bond acceptors (Lipinski definition) is 11. The highest BCUT2D eigenvalue weighted by Crippen LogP contribution is 2.48. The number of esters is 1. The fraction of sp³-hybridized carbons (Fsp3) is 0.565. The van der Waals surface area contributed by atoms with Gasteiger partial charge in [0.25, 0.3) is 0 Å². The maximum atomic E-state index is 14.7. The van der Waals surface area contributed by atoms with Crippen molar-refractivity contribution < 1.29 is 46.2 Å². The summed E-state index contributed by atoms with van der Waals surface area (Å²) in [4.78, 5) is 25.1. The topological polar surface area (TPSA) is 173 Å². The van der Waals surface area contributed by atoms with Crippen LogP contribution in [0.4, 0.5) is 19.0 Å². The van der Waals surface area contributed by atoms with Gasteiger partial charge in [-0.2, -0.15) is 19.4 Å². The van der Waals surface area contributed by atoms with Crippen LogP contribution in [0.15, 0.2) is 54.9 Å². The fourth-order valence-electron chi connectivity index (χ4n) is 7.67. The summed E-state index contributed by atoms with van der Waals surface area (Å²) in [7, 11) is -4.69. The molecular formula is C46H62F3N6O7P. The molecule has 0 aliphatic carbocycles. The normalized spacial score (nSPS) is 18.9. The zero-order valence-electron chi connectivity index (χ0n) is 36.2. The number of halogens is 3. The Balaban J connectivity index is 1.17. The minimum absolute atomic E-state index is 0.0179. The second-order valence-corrected chi connectivity index (χ2v) is 17.9. The highest BCUT2D eigenvalue weighted by molar-refractivity contribution is 7.52. The van der Waals surface area contributed by atoms with Gasteiger partial charge >= 0.3 is 19.8 Å². The van der Waals surface area contributed by atoms with Gasteiger partial charge in [-0.25, -0.2) is 18.3 Å². The Morgan fingerprint density at radius 1 is 0.952 bits per heavy atom. The number of imidazole rings is 1. The standard InChI is InChI=1S/C46H62F3N6O7P/c1-3-5-6-7-8-9-10-11-12-13-14-15-16-17-18-19-23-26-59-44(57)38(29-34-27-35(47)30-36(48)28-34)54-63(58,62-37-24-21-20-22-25-37)60-32-46(4-2)39(56)31-40(61-46)55-33-51-41-42(50)52-45(49)53-43(41)55/h2,20-22,24-25,27-28,30,33,38-40,56H,3,5-19,23,26,29,31-32H2,1H3,(H,54,58)(H2,50,52,53)/t38-,39-,40+,46+,63?/m0/s1. The number of fused-ring (bicyclic) bond motifs is 1. The lowest BCUT2D eigenvalue weighted by atomic mass is 9.99. The van der Waals surface area contributed by atoms with Gasteiger partial charge in [-0.3, -0.25) is 13.9 Å². The molecule has 1 unspecified atom stereocenters. The quantitative estimate of drug-likeness (QED) is 0.0155. The van der Waals surface area contributed by atoms with Crippen LogP contribution in [-0.2, 0) is 29.8 Å². The maximum Gasteiger partial charge on any atom is 0.459 e. The fourth-order valence-corrected chi connectivity index (χ4v) is 9.19. The maximum absolute atomic E-state index is 14.7. The van der Waals surface area contributed by atoms with E-state index in [-0.39, 0.29) is 47.7 Å². The molecule has 2 aromatic heterocycles. The number of nitrogen functional groups attached to an aromatic ring is 1. The van der Waals surface area contributed by atoms with Crippen LogP contribution in [0.25, 0.3) is 11.2 Å².